The van der Waals surface area contributed by atoms with Crippen molar-refractivity contribution in [1.29, 1.82) is 0 Å². The van der Waals surface area contributed by atoms with Crippen LogP contribution in [0.15, 0.2) is 28.3 Å². The molecule has 2 bridgehead atoms. The van der Waals surface area contributed by atoms with E-state index in [1.165, 1.54) is 42.0 Å². The van der Waals surface area contributed by atoms with Crippen LogP contribution in [-0.4, -0.2) is 130 Å². The van der Waals surface area contributed by atoms with E-state index in [0.717, 1.165) is 24.2 Å². The highest BCUT2D eigenvalue weighted by atomic mass is 35.5. The fourth-order valence-electron chi connectivity index (χ4n) is 9.31. The van der Waals surface area contributed by atoms with E-state index < -0.39 is 75.7 Å². The number of aliphatic carboxylic acids is 2. The van der Waals surface area contributed by atoms with E-state index in [9.17, 15) is 49.2 Å². The molecule has 1 aliphatic carbocycles. The Kier molecular flexibility index (Phi) is 10.8. The van der Waals surface area contributed by atoms with E-state index in [4.69, 9.17) is 22.2 Å². The van der Waals surface area contributed by atoms with E-state index in [2.05, 4.69) is 22.5 Å². The van der Waals surface area contributed by atoms with Crippen molar-refractivity contribution in [3.8, 4) is 11.5 Å². The highest BCUT2D eigenvalue weighted by molar-refractivity contribution is 8.00. The number of ketones is 2. The molecule has 4 unspecified atom stereocenters. The van der Waals surface area contributed by atoms with Crippen molar-refractivity contribution in [2.24, 2.45) is 17.0 Å². The molecule has 0 saturated carbocycles. The lowest BCUT2D eigenvalue weighted by molar-refractivity contribution is -0.952. The van der Waals surface area contributed by atoms with Crippen LogP contribution in [0.1, 0.15) is 74.5 Å². The van der Waals surface area contributed by atoms with Gasteiger partial charge in [-0.3, -0.25) is 19.2 Å². The summed E-state index contributed by atoms with van der Waals surface area (Å²) in [5, 5.41) is 46.9. The number of aromatic hydroxyl groups is 2. The number of halogens is 1. The summed E-state index contributed by atoms with van der Waals surface area (Å²) < 4.78 is 0.591. The second kappa shape index (κ2) is 15.1. The summed E-state index contributed by atoms with van der Waals surface area (Å²) >= 11 is 8.63. The number of carboxylic acid groups (broad SMARTS) is 2. The smallest absolute Gasteiger partial charge is 0.350 e. The van der Waals surface area contributed by atoms with Gasteiger partial charge in [0.1, 0.15) is 23.2 Å². The number of amides is 2. The van der Waals surface area contributed by atoms with Crippen LogP contribution in [0.3, 0.4) is 0 Å². The summed E-state index contributed by atoms with van der Waals surface area (Å²) in [6, 6.07) is -0.744. The third-order valence-electron chi connectivity index (χ3n) is 12.5. The lowest BCUT2D eigenvalue weighted by atomic mass is 9.80. The predicted molar refractivity (Wildman–Crippen MR) is 212 cm³/mol. The number of thiazole rings is 1. The van der Waals surface area contributed by atoms with Gasteiger partial charge in [0, 0.05) is 48.3 Å². The maximum atomic E-state index is 13.8. The van der Waals surface area contributed by atoms with Gasteiger partial charge in [-0.15, -0.1) is 23.1 Å². The minimum Gasteiger partial charge on any atom is -0.504 e. The number of benzene rings is 1. The second-order valence-corrected chi connectivity index (χ2v) is 19.2. The molecule has 0 spiro atoms. The predicted octanol–water partition coefficient (Wildman–Crippen LogP) is 2.94. The quantitative estimate of drug-likeness (QED) is 0.0448. The number of rotatable bonds is 12. The highest BCUT2D eigenvalue weighted by Crippen LogP contribution is 2.50. The maximum absolute atomic E-state index is 13.8. The molecule has 1 aromatic carbocycles. The molecule has 7 rings (SSSR count). The Hall–Kier alpha value is -4.72. The summed E-state index contributed by atoms with van der Waals surface area (Å²) in [5.41, 5.74) is 4.05. The Morgan fingerprint density at radius 3 is 2.43 bits per heavy atom. The Morgan fingerprint density at radius 1 is 1.16 bits per heavy atom. The van der Waals surface area contributed by atoms with Crippen molar-refractivity contribution >= 4 is 80.9 Å². The number of quaternary nitrogens is 1. The number of hydrogen-bond donors (Lipinski definition) is 6. The van der Waals surface area contributed by atoms with Crippen LogP contribution >= 0.6 is 34.7 Å². The summed E-state index contributed by atoms with van der Waals surface area (Å²) in [7, 11) is 2.12. The SMILES string of the molecule is C[C@@H]1S[C@@H]2[C@H](NC(=O)/C(=N\OC(C)(C)C(=O)O)c3csc(N)n3)C(=O)N2C(C(=O)O)C1C[N+]1(C)[C@@H]2CC[C@H]1CC(CC(=O)C1=CCc3cc(O)c(O)c(Cl)c3C1=O)C2. The molecule has 4 fully saturated rings. The third-order valence-corrected chi connectivity index (χ3v) is 15.1. The molecule has 1 aromatic heterocycles. The van der Waals surface area contributed by atoms with Crippen molar-refractivity contribution < 1.29 is 58.5 Å². The average Bonchev–Trinajstić information content (AvgIpc) is 3.62. The number of allylic oxidation sites excluding steroid dienone is 2. The minimum absolute atomic E-state index is 0.0102. The average molecular weight is 860 g/mol. The number of nitrogen functional groups attached to an aromatic ring is 1. The van der Waals surface area contributed by atoms with Gasteiger partial charge in [-0.05, 0) is 37.8 Å². The highest BCUT2D eigenvalue weighted by Gasteiger charge is 2.63. The number of carbonyl (C=O) groups excluding carboxylic acids is 4. The first kappa shape index (κ1) is 41.4. The molecule has 7 N–H and O–H groups in total. The van der Waals surface area contributed by atoms with E-state index in [1.54, 1.807) is 6.08 Å². The van der Waals surface area contributed by atoms with E-state index in [1.807, 2.05) is 6.92 Å². The molecule has 4 aliphatic heterocycles. The normalized spacial score (nSPS) is 30.5. The van der Waals surface area contributed by atoms with Gasteiger partial charge in [-0.1, -0.05) is 29.8 Å². The molecule has 2 amide bonds. The first-order valence-electron chi connectivity index (χ1n) is 18.8. The number of carboxylic acids is 2. The van der Waals surface area contributed by atoms with Gasteiger partial charge in [-0.25, -0.2) is 14.6 Å². The van der Waals surface area contributed by atoms with Gasteiger partial charge in [0.2, 0.25) is 11.5 Å². The van der Waals surface area contributed by atoms with Gasteiger partial charge in [0.15, 0.2) is 33.9 Å². The molecule has 58 heavy (non-hydrogen) atoms. The molecular weight excluding hydrogens is 816 g/mol. The third kappa shape index (κ3) is 7.08. The van der Waals surface area contributed by atoms with Crippen molar-refractivity contribution in [2.75, 3.05) is 19.3 Å². The number of oxime groups is 1. The number of nitrogens with zero attached hydrogens (tertiary/aromatic N) is 4. The molecule has 5 aliphatic rings. The molecule has 2 aromatic rings. The first-order valence-corrected chi connectivity index (χ1v) is 21.0. The van der Waals surface area contributed by atoms with Crippen LogP contribution in [-0.2, 0) is 35.2 Å². The zero-order valence-electron chi connectivity index (χ0n) is 32.0. The van der Waals surface area contributed by atoms with E-state index in [-0.39, 0.29) is 68.9 Å². The van der Waals surface area contributed by atoms with Crippen molar-refractivity contribution in [3.63, 3.8) is 0 Å². The summed E-state index contributed by atoms with van der Waals surface area (Å²) in [4.78, 5) is 89.5. The number of Topliss-reactive ketones (excluding diaryl/α,β-unsaturated/α-hetero) is 2. The Balaban J connectivity index is 1.02. The number of hydrogen-bond acceptors (Lipinski definition) is 14. The van der Waals surface area contributed by atoms with Crippen LogP contribution < -0.4 is 11.1 Å². The molecule has 20 heteroatoms. The lowest BCUT2D eigenvalue weighted by Crippen LogP contribution is -2.78. The molecule has 4 saturated heterocycles. The van der Waals surface area contributed by atoms with Gasteiger partial charge < -0.3 is 45.7 Å². The van der Waals surface area contributed by atoms with Crippen LogP contribution in [0.2, 0.25) is 5.02 Å². The second-order valence-electron chi connectivity index (χ2n) is 16.4. The lowest BCUT2D eigenvalue weighted by Gasteiger charge is -2.58. The number of carbonyl (C=O) groups is 6. The Labute approximate surface area is 345 Å². The molecule has 9 atom stereocenters. The van der Waals surface area contributed by atoms with Gasteiger partial charge in [0.05, 0.1) is 42.2 Å². The monoisotopic (exact) mass is 859 g/mol. The number of nitrogens with two attached hydrogens (primary N) is 1. The Morgan fingerprint density at radius 2 is 1.83 bits per heavy atom. The number of phenols is 2. The van der Waals surface area contributed by atoms with Crippen molar-refractivity contribution in [3.05, 3.63) is 44.9 Å². The number of β-lactam (4-membered cyclic amide) rings is 1. The topological polar surface area (TPSA) is 259 Å². The number of nitrogens with one attached hydrogen (secondary N) is 1. The summed E-state index contributed by atoms with van der Waals surface area (Å²) in [5.74, 6) is -6.33. The van der Waals surface area contributed by atoms with Gasteiger partial charge >= 0.3 is 11.9 Å². The van der Waals surface area contributed by atoms with Crippen molar-refractivity contribution in [1.82, 2.24) is 15.2 Å². The number of piperidine rings is 1. The summed E-state index contributed by atoms with van der Waals surface area (Å²) in [6.45, 7) is 4.89. The molecule has 0 radical (unpaired) electrons. The zero-order valence-corrected chi connectivity index (χ0v) is 34.4. The number of fused-ring (bicyclic) bond motifs is 4. The fraction of sp³-hybridized carbons (Fsp3) is 0.526. The molecule has 5 heterocycles. The first-order chi connectivity index (χ1) is 27.2. The number of aromatic nitrogens is 1. The zero-order chi connectivity index (χ0) is 42.2. The van der Waals surface area contributed by atoms with Gasteiger partial charge in [0.25, 0.3) is 5.91 Å². The van der Waals surface area contributed by atoms with E-state index in [0.29, 0.717) is 29.4 Å². The summed E-state index contributed by atoms with van der Waals surface area (Å²) in [6.07, 6.45) is 5.05. The van der Waals surface area contributed by atoms with Gasteiger partial charge in [-0.2, -0.15) is 0 Å². The fourth-order valence-corrected chi connectivity index (χ4v) is 11.7. The number of anilines is 1. The number of phenolic OH excluding ortho intramolecular Hbond substituents is 2. The molecule has 17 nitrogen and oxygen atoms in total. The Bertz CT molecular complexity index is 2180. The van der Waals surface area contributed by atoms with E-state index >= 15 is 0 Å². The maximum Gasteiger partial charge on any atom is 0.350 e. The van der Waals surface area contributed by atoms with Crippen LogP contribution in [0.5, 0.6) is 11.5 Å². The van der Waals surface area contributed by atoms with Crippen LogP contribution in [0.25, 0.3) is 0 Å². The molecule has 310 valence electrons. The van der Waals surface area contributed by atoms with Crippen molar-refractivity contribution in [2.45, 2.75) is 99.7 Å². The number of thioether (sulfide) groups is 1. The molecular formula is C38H44ClN6O11S2+. The minimum atomic E-state index is -1.80. The standard InChI is InChI=1S/C38H43ClN6O11S2/c1-15-21(13-45(4)18-6-7-19(45)10-16(9-18)11-23(46)20-8-5-17-12-24(47)31(49)26(39)25(17)30(20)48)29(35(52)53)44-33(51)28(34(44)58-15)42-32(50)27(22-14-57-37(40)41-22)43-56-38(2,3)36(54)55/h8,12,14-16,18-19,21,28-29,34H,5-7,9-11,13H2,1-4H3,(H6-,40,41,42,43,47,48,49,50,52,53,54,55)/p+1/t15-,16?,18-,19+,21?,28+,29?,34+,45?/m0/s1. The largest absolute Gasteiger partial charge is 0.504 e. The van der Waals surface area contributed by atoms with Crippen LogP contribution in [0, 0.1) is 11.8 Å². The van der Waals surface area contributed by atoms with Crippen LogP contribution in [0.4, 0.5) is 5.13 Å².